The molecule has 2 rings (SSSR count). The average molecular weight is 275 g/mol. The van der Waals surface area contributed by atoms with Crippen molar-refractivity contribution >= 4 is 0 Å². The maximum Gasteiger partial charge on any atom is 0.119 e. The zero-order valence-electron chi connectivity index (χ0n) is 13.5. The van der Waals surface area contributed by atoms with Crippen molar-refractivity contribution in [2.24, 2.45) is 5.92 Å². The van der Waals surface area contributed by atoms with E-state index in [1.54, 1.807) is 0 Å². The van der Waals surface area contributed by atoms with E-state index >= 15 is 0 Å². The molecule has 1 heterocycles. The van der Waals surface area contributed by atoms with E-state index in [4.69, 9.17) is 4.74 Å². The van der Waals surface area contributed by atoms with Gasteiger partial charge in [0.15, 0.2) is 0 Å². The van der Waals surface area contributed by atoms with Crippen LogP contribution in [0.25, 0.3) is 0 Å². The highest BCUT2D eigenvalue weighted by atomic mass is 16.5. The summed E-state index contributed by atoms with van der Waals surface area (Å²) in [5, 5.41) is 0. The number of hydrogen-bond donors (Lipinski definition) is 0. The van der Waals surface area contributed by atoms with Crippen LogP contribution in [0.4, 0.5) is 0 Å². The third kappa shape index (κ3) is 3.99. The summed E-state index contributed by atoms with van der Waals surface area (Å²) in [6, 6.07) is 8.64. The molecule has 1 aliphatic rings. The summed E-state index contributed by atoms with van der Waals surface area (Å²) in [4.78, 5) is 2.40. The lowest BCUT2D eigenvalue weighted by Gasteiger charge is -2.29. The first-order chi connectivity index (χ1) is 9.51. The van der Waals surface area contributed by atoms with Crippen molar-refractivity contribution in [2.45, 2.75) is 45.4 Å². The topological polar surface area (TPSA) is 12.5 Å². The highest BCUT2D eigenvalue weighted by Gasteiger charge is 2.19. The molecule has 0 bridgehead atoms. The Labute approximate surface area is 124 Å². The van der Waals surface area contributed by atoms with Gasteiger partial charge in [0.25, 0.3) is 0 Å². The molecular formula is C18H29NO. The summed E-state index contributed by atoms with van der Waals surface area (Å²) in [5.41, 5.74) is 1.60. The van der Waals surface area contributed by atoms with Gasteiger partial charge in [-0.15, -0.1) is 0 Å². The fourth-order valence-corrected chi connectivity index (χ4v) is 2.65. The van der Waals surface area contributed by atoms with E-state index in [1.807, 2.05) is 0 Å². The third-order valence-electron chi connectivity index (χ3n) is 4.82. The molecule has 0 atom stereocenters. The summed E-state index contributed by atoms with van der Waals surface area (Å²) < 4.78 is 6.04. The summed E-state index contributed by atoms with van der Waals surface area (Å²) in [6.45, 7) is 10.1. The minimum atomic E-state index is 0.229. The van der Waals surface area contributed by atoms with Crippen molar-refractivity contribution in [2.75, 3.05) is 26.7 Å². The fraction of sp³-hybridized carbons (Fsp3) is 0.667. The number of likely N-dealkylation sites (tertiary alicyclic amines) is 1. The smallest absolute Gasteiger partial charge is 0.119 e. The van der Waals surface area contributed by atoms with Gasteiger partial charge in [-0.2, -0.15) is 0 Å². The predicted molar refractivity (Wildman–Crippen MR) is 85.5 cm³/mol. The van der Waals surface area contributed by atoms with Gasteiger partial charge in [0.05, 0.1) is 6.61 Å². The fourth-order valence-electron chi connectivity index (χ4n) is 2.65. The van der Waals surface area contributed by atoms with E-state index < -0.39 is 0 Å². The van der Waals surface area contributed by atoms with Crippen LogP contribution in [-0.4, -0.2) is 31.6 Å². The van der Waals surface area contributed by atoms with E-state index in [1.165, 1.54) is 31.5 Å². The maximum atomic E-state index is 6.04. The van der Waals surface area contributed by atoms with Crippen molar-refractivity contribution in [3.8, 4) is 5.75 Å². The van der Waals surface area contributed by atoms with Crippen LogP contribution in [0.5, 0.6) is 5.75 Å². The first-order valence-corrected chi connectivity index (χ1v) is 7.93. The quantitative estimate of drug-likeness (QED) is 0.802. The molecular weight excluding hydrogens is 246 g/mol. The predicted octanol–water partition coefficient (Wildman–Crippen LogP) is 4.09. The Morgan fingerprint density at radius 1 is 1.25 bits per heavy atom. The van der Waals surface area contributed by atoms with Crippen LogP contribution >= 0.6 is 0 Å². The van der Waals surface area contributed by atoms with Crippen LogP contribution in [0, 0.1) is 5.92 Å². The monoisotopic (exact) mass is 275 g/mol. The third-order valence-corrected chi connectivity index (χ3v) is 4.82. The van der Waals surface area contributed by atoms with Crippen LogP contribution in [0.15, 0.2) is 24.3 Å². The molecule has 1 aromatic rings. The summed E-state index contributed by atoms with van der Waals surface area (Å²) in [6.07, 6.45) is 3.67. The summed E-state index contributed by atoms with van der Waals surface area (Å²) in [7, 11) is 2.20. The van der Waals surface area contributed by atoms with Gasteiger partial charge in [-0.05, 0) is 68.4 Å². The minimum Gasteiger partial charge on any atom is -0.493 e. The first-order valence-electron chi connectivity index (χ1n) is 7.93. The number of benzene rings is 1. The molecule has 0 unspecified atom stereocenters. The molecule has 0 radical (unpaired) electrons. The van der Waals surface area contributed by atoms with Crippen molar-refractivity contribution < 1.29 is 4.74 Å². The van der Waals surface area contributed by atoms with Crippen LogP contribution in [0.1, 0.15) is 45.6 Å². The van der Waals surface area contributed by atoms with Gasteiger partial charge in [-0.1, -0.05) is 32.9 Å². The van der Waals surface area contributed by atoms with E-state index in [0.717, 1.165) is 18.8 Å². The largest absolute Gasteiger partial charge is 0.493 e. The lowest BCUT2D eigenvalue weighted by atomic mass is 9.82. The number of rotatable bonds is 5. The Balaban J connectivity index is 1.92. The Morgan fingerprint density at radius 2 is 1.95 bits per heavy atom. The van der Waals surface area contributed by atoms with Crippen LogP contribution in [0.3, 0.4) is 0 Å². The highest BCUT2D eigenvalue weighted by molar-refractivity contribution is 5.33. The standard InChI is InChI=1S/C18H29NO/c1-5-18(2,3)16-7-6-8-17(13-16)20-14-15-9-11-19(4)12-10-15/h6-8,13,15H,5,9-12,14H2,1-4H3. The van der Waals surface area contributed by atoms with E-state index in [-0.39, 0.29) is 5.41 Å². The van der Waals surface area contributed by atoms with Gasteiger partial charge in [-0.25, -0.2) is 0 Å². The molecule has 1 aromatic carbocycles. The summed E-state index contributed by atoms with van der Waals surface area (Å²) in [5.74, 6) is 1.75. The molecule has 1 aliphatic heterocycles. The van der Waals surface area contributed by atoms with Gasteiger partial charge >= 0.3 is 0 Å². The highest BCUT2D eigenvalue weighted by Crippen LogP contribution is 2.29. The zero-order valence-corrected chi connectivity index (χ0v) is 13.5. The number of piperidine rings is 1. The number of hydrogen-bond acceptors (Lipinski definition) is 2. The Bertz CT molecular complexity index is 419. The molecule has 0 aromatic heterocycles. The molecule has 1 fully saturated rings. The van der Waals surface area contributed by atoms with Crippen molar-refractivity contribution in [3.05, 3.63) is 29.8 Å². The molecule has 1 saturated heterocycles. The zero-order chi connectivity index (χ0) is 14.6. The average Bonchev–Trinajstić information content (AvgIpc) is 2.47. The minimum absolute atomic E-state index is 0.229. The van der Waals surface area contributed by atoms with Crippen LogP contribution in [0.2, 0.25) is 0 Å². The molecule has 2 nitrogen and oxygen atoms in total. The van der Waals surface area contributed by atoms with Crippen LogP contribution < -0.4 is 4.74 Å². The molecule has 2 heteroatoms. The van der Waals surface area contributed by atoms with Gasteiger partial charge in [0, 0.05) is 0 Å². The normalized spacial score (nSPS) is 18.2. The molecule has 0 amide bonds. The Kier molecular flexibility index (Phi) is 5.09. The maximum absolute atomic E-state index is 6.04. The first kappa shape index (κ1) is 15.4. The summed E-state index contributed by atoms with van der Waals surface area (Å²) >= 11 is 0. The molecule has 0 N–H and O–H groups in total. The Hall–Kier alpha value is -1.02. The van der Waals surface area contributed by atoms with E-state index in [0.29, 0.717) is 5.92 Å². The SMILES string of the molecule is CCC(C)(C)c1cccc(OCC2CCN(C)CC2)c1. The lowest BCUT2D eigenvalue weighted by Crippen LogP contribution is -2.32. The van der Waals surface area contributed by atoms with Crippen LogP contribution in [-0.2, 0) is 5.41 Å². The van der Waals surface area contributed by atoms with Gasteiger partial charge in [0.1, 0.15) is 5.75 Å². The van der Waals surface area contributed by atoms with Crippen molar-refractivity contribution in [1.29, 1.82) is 0 Å². The Morgan fingerprint density at radius 3 is 2.60 bits per heavy atom. The molecule has 0 spiro atoms. The van der Waals surface area contributed by atoms with Crippen molar-refractivity contribution in [1.82, 2.24) is 4.90 Å². The number of nitrogens with zero attached hydrogens (tertiary/aromatic N) is 1. The van der Waals surface area contributed by atoms with Crippen molar-refractivity contribution in [3.63, 3.8) is 0 Å². The second kappa shape index (κ2) is 6.62. The van der Waals surface area contributed by atoms with Gasteiger partial charge in [0.2, 0.25) is 0 Å². The number of ether oxygens (including phenoxy) is 1. The molecule has 112 valence electrons. The van der Waals surface area contributed by atoms with E-state index in [9.17, 15) is 0 Å². The lowest BCUT2D eigenvalue weighted by molar-refractivity contribution is 0.160. The second-order valence-corrected chi connectivity index (χ2v) is 6.82. The molecule has 0 saturated carbocycles. The van der Waals surface area contributed by atoms with Gasteiger partial charge < -0.3 is 9.64 Å². The van der Waals surface area contributed by atoms with E-state index in [2.05, 4.69) is 57.0 Å². The molecule has 20 heavy (non-hydrogen) atoms. The second-order valence-electron chi connectivity index (χ2n) is 6.82. The van der Waals surface area contributed by atoms with Gasteiger partial charge in [-0.3, -0.25) is 0 Å². The molecule has 0 aliphatic carbocycles.